The van der Waals surface area contributed by atoms with Gasteiger partial charge in [0.2, 0.25) is 5.95 Å². The summed E-state index contributed by atoms with van der Waals surface area (Å²) in [5.41, 5.74) is 8.42. The fraction of sp³-hybridized carbons (Fsp3) is 0.133. The molecule has 3 N–H and O–H groups in total. The minimum absolute atomic E-state index is 0.447. The topological polar surface area (TPSA) is 89.9 Å². The van der Waals surface area contributed by atoms with Crippen molar-refractivity contribution in [3.8, 4) is 11.3 Å². The molecule has 0 saturated heterocycles. The van der Waals surface area contributed by atoms with Crippen LogP contribution in [0.3, 0.4) is 0 Å². The number of aromatic nitrogens is 3. The van der Waals surface area contributed by atoms with Gasteiger partial charge in [-0.15, -0.1) is 0 Å². The number of aryl methyl sites for hydroxylation is 1. The van der Waals surface area contributed by atoms with Crippen molar-refractivity contribution in [3.63, 3.8) is 0 Å². The van der Waals surface area contributed by atoms with Crippen LogP contribution in [0.25, 0.3) is 11.3 Å². The van der Waals surface area contributed by atoms with Crippen molar-refractivity contribution in [1.29, 1.82) is 0 Å². The van der Waals surface area contributed by atoms with E-state index in [1.807, 2.05) is 43.3 Å². The highest BCUT2D eigenvalue weighted by Gasteiger charge is 2.07. The van der Waals surface area contributed by atoms with E-state index in [4.69, 9.17) is 10.3 Å². The maximum atomic E-state index is 5.74. The van der Waals surface area contributed by atoms with E-state index in [-0.39, 0.29) is 0 Å². The lowest BCUT2D eigenvalue weighted by molar-refractivity contribution is 0.390. The standard InChI is InChI=1S/C15H15N5O/c1-10-8-17-15(19-14(10)16)18-9-12-7-13(20-21-12)11-5-3-2-4-6-11/h2-8H,9H2,1H3,(H3,16,17,18,19). The van der Waals surface area contributed by atoms with Crippen molar-refractivity contribution in [2.24, 2.45) is 0 Å². The molecule has 1 aromatic carbocycles. The molecule has 2 heterocycles. The first kappa shape index (κ1) is 13.1. The summed E-state index contributed by atoms with van der Waals surface area (Å²) in [4.78, 5) is 8.30. The van der Waals surface area contributed by atoms with Gasteiger partial charge in [0, 0.05) is 23.4 Å². The number of rotatable bonds is 4. The van der Waals surface area contributed by atoms with Crippen molar-refractivity contribution in [3.05, 3.63) is 53.9 Å². The van der Waals surface area contributed by atoms with Gasteiger partial charge in [-0.25, -0.2) is 4.98 Å². The lowest BCUT2D eigenvalue weighted by Gasteiger charge is -2.03. The van der Waals surface area contributed by atoms with Gasteiger partial charge in [0.1, 0.15) is 11.5 Å². The summed E-state index contributed by atoms with van der Waals surface area (Å²) >= 11 is 0. The Kier molecular flexibility index (Phi) is 3.51. The van der Waals surface area contributed by atoms with Crippen molar-refractivity contribution in [1.82, 2.24) is 15.1 Å². The molecule has 0 aliphatic rings. The molecule has 0 unspecified atom stereocenters. The Morgan fingerprint density at radius 1 is 1.24 bits per heavy atom. The first-order valence-electron chi connectivity index (χ1n) is 6.56. The molecule has 106 valence electrons. The fourth-order valence-electron chi connectivity index (χ4n) is 1.85. The maximum Gasteiger partial charge on any atom is 0.224 e. The summed E-state index contributed by atoms with van der Waals surface area (Å²) in [6.07, 6.45) is 1.68. The maximum absolute atomic E-state index is 5.74. The lowest BCUT2D eigenvalue weighted by Crippen LogP contribution is -2.05. The average Bonchev–Trinajstić information content (AvgIpc) is 2.98. The summed E-state index contributed by atoms with van der Waals surface area (Å²) in [6, 6.07) is 11.7. The van der Waals surface area contributed by atoms with Gasteiger partial charge in [0.25, 0.3) is 0 Å². The number of nitrogens with two attached hydrogens (primary N) is 1. The third-order valence-electron chi connectivity index (χ3n) is 3.06. The van der Waals surface area contributed by atoms with Crippen LogP contribution in [0.1, 0.15) is 11.3 Å². The van der Waals surface area contributed by atoms with Crippen LogP contribution < -0.4 is 11.1 Å². The Hall–Kier alpha value is -2.89. The number of hydrogen-bond acceptors (Lipinski definition) is 6. The monoisotopic (exact) mass is 281 g/mol. The molecule has 6 heteroatoms. The van der Waals surface area contributed by atoms with Crippen LogP contribution in [-0.4, -0.2) is 15.1 Å². The predicted molar refractivity (Wildman–Crippen MR) is 80.4 cm³/mol. The zero-order chi connectivity index (χ0) is 14.7. The lowest BCUT2D eigenvalue weighted by atomic mass is 10.1. The number of nitrogens with zero attached hydrogens (tertiary/aromatic N) is 3. The second-order valence-electron chi connectivity index (χ2n) is 4.66. The summed E-state index contributed by atoms with van der Waals surface area (Å²) in [7, 11) is 0. The number of nitrogen functional groups attached to an aromatic ring is 1. The molecule has 2 aromatic heterocycles. The predicted octanol–water partition coefficient (Wildman–Crippen LogP) is 2.63. The van der Waals surface area contributed by atoms with Gasteiger partial charge < -0.3 is 15.6 Å². The minimum atomic E-state index is 0.447. The molecular formula is C15H15N5O. The first-order valence-corrected chi connectivity index (χ1v) is 6.56. The van der Waals surface area contributed by atoms with Crippen LogP contribution in [0.4, 0.5) is 11.8 Å². The number of anilines is 2. The van der Waals surface area contributed by atoms with E-state index in [1.54, 1.807) is 6.20 Å². The largest absolute Gasteiger partial charge is 0.383 e. The van der Waals surface area contributed by atoms with Crippen molar-refractivity contribution >= 4 is 11.8 Å². The van der Waals surface area contributed by atoms with E-state index >= 15 is 0 Å². The third kappa shape index (κ3) is 3.00. The van der Waals surface area contributed by atoms with Gasteiger partial charge >= 0.3 is 0 Å². The van der Waals surface area contributed by atoms with Gasteiger partial charge in [-0.3, -0.25) is 0 Å². The Bertz CT molecular complexity index is 739. The van der Waals surface area contributed by atoms with Crippen LogP contribution in [0.5, 0.6) is 0 Å². The van der Waals surface area contributed by atoms with Gasteiger partial charge in [0.15, 0.2) is 5.76 Å². The molecule has 3 rings (SSSR count). The Labute approximate surface area is 122 Å². The normalized spacial score (nSPS) is 10.5. The molecule has 0 aliphatic heterocycles. The third-order valence-corrected chi connectivity index (χ3v) is 3.06. The number of nitrogens with one attached hydrogen (secondary N) is 1. The van der Waals surface area contributed by atoms with Gasteiger partial charge in [-0.1, -0.05) is 35.5 Å². The second kappa shape index (κ2) is 5.62. The molecule has 0 aliphatic carbocycles. The molecule has 0 atom stereocenters. The van der Waals surface area contributed by atoms with E-state index in [0.29, 0.717) is 24.1 Å². The van der Waals surface area contributed by atoms with Crippen LogP contribution in [0.2, 0.25) is 0 Å². The minimum Gasteiger partial charge on any atom is -0.383 e. The zero-order valence-corrected chi connectivity index (χ0v) is 11.6. The van der Waals surface area contributed by atoms with E-state index in [0.717, 1.165) is 16.8 Å². The summed E-state index contributed by atoms with van der Waals surface area (Å²) in [6.45, 7) is 2.31. The highest BCUT2D eigenvalue weighted by molar-refractivity contribution is 5.58. The quantitative estimate of drug-likeness (QED) is 0.764. The molecular weight excluding hydrogens is 266 g/mol. The number of hydrogen-bond donors (Lipinski definition) is 2. The Balaban J connectivity index is 1.69. The molecule has 0 fully saturated rings. The number of benzene rings is 1. The summed E-state index contributed by atoms with van der Waals surface area (Å²) < 4.78 is 5.30. The average molecular weight is 281 g/mol. The molecule has 21 heavy (non-hydrogen) atoms. The van der Waals surface area contributed by atoms with Crippen molar-refractivity contribution < 1.29 is 4.52 Å². The highest BCUT2D eigenvalue weighted by atomic mass is 16.5. The van der Waals surface area contributed by atoms with Gasteiger partial charge in [0.05, 0.1) is 6.54 Å². The Morgan fingerprint density at radius 2 is 2.05 bits per heavy atom. The van der Waals surface area contributed by atoms with Crippen LogP contribution >= 0.6 is 0 Å². The first-order chi connectivity index (χ1) is 10.2. The molecule has 3 aromatic rings. The molecule has 0 bridgehead atoms. The summed E-state index contributed by atoms with van der Waals surface area (Å²) in [5, 5.41) is 7.11. The molecule has 0 amide bonds. The second-order valence-corrected chi connectivity index (χ2v) is 4.66. The van der Waals surface area contributed by atoms with Crippen molar-refractivity contribution in [2.75, 3.05) is 11.1 Å². The fourth-order valence-corrected chi connectivity index (χ4v) is 1.85. The zero-order valence-electron chi connectivity index (χ0n) is 11.6. The Morgan fingerprint density at radius 3 is 2.81 bits per heavy atom. The molecule has 0 radical (unpaired) electrons. The molecule has 0 spiro atoms. The SMILES string of the molecule is Cc1cnc(NCc2cc(-c3ccccc3)no2)nc1N. The van der Waals surface area contributed by atoms with Gasteiger partial charge in [-0.05, 0) is 6.92 Å². The van der Waals surface area contributed by atoms with Crippen LogP contribution in [0, 0.1) is 6.92 Å². The van der Waals surface area contributed by atoms with E-state index in [1.165, 1.54) is 0 Å². The molecule has 6 nitrogen and oxygen atoms in total. The van der Waals surface area contributed by atoms with E-state index in [2.05, 4.69) is 20.4 Å². The smallest absolute Gasteiger partial charge is 0.224 e. The van der Waals surface area contributed by atoms with Crippen molar-refractivity contribution in [2.45, 2.75) is 13.5 Å². The van der Waals surface area contributed by atoms with E-state index in [9.17, 15) is 0 Å². The highest BCUT2D eigenvalue weighted by Crippen LogP contribution is 2.19. The van der Waals surface area contributed by atoms with E-state index < -0.39 is 0 Å². The molecule has 0 saturated carbocycles. The van der Waals surface area contributed by atoms with Crippen LogP contribution in [0.15, 0.2) is 47.1 Å². The van der Waals surface area contributed by atoms with Crippen LogP contribution in [-0.2, 0) is 6.54 Å². The summed E-state index contributed by atoms with van der Waals surface area (Å²) in [5.74, 6) is 1.64. The van der Waals surface area contributed by atoms with Gasteiger partial charge in [-0.2, -0.15) is 4.98 Å².